The van der Waals surface area contributed by atoms with Crippen LogP contribution in [0.1, 0.15) is 31.4 Å². The lowest BCUT2D eigenvalue weighted by molar-refractivity contribution is 0.145. The molecule has 6 heteroatoms. The topological polar surface area (TPSA) is 48.4 Å². The van der Waals surface area contributed by atoms with Crippen LogP contribution >= 0.6 is 11.6 Å². The molecule has 0 aliphatic carbocycles. The zero-order chi connectivity index (χ0) is 19.7. The molecule has 1 aliphatic rings. The van der Waals surface area contributed by atoms with Crippen molar-refractivity contribution in [3.8, 4) is 0 Å². The van der Waals surface area contributed by atoms with Crippen LogP contribution in [0, 0.1) is 5.82 Å². The zero-order valence-corrected chi connectivity index (χ0v) is 16.5. The Morgan fingerprint density at radius 2 is 1.93 bits per heavy atom. The van der Waals surface area contributed by atoms with Gasteiger partial charge in [-0.15, -0.1) is 0 Å². The van der Waals surface area contributed by atoms with Gasteiger partial charge >= 0.3 is 0 Å². The summed E-state index contributed by atoms with van der Waals surface area (Å²) in [6.07, 6.45) is 1.20. The Kier molecular flexibility index (Phi) is 5.38. The lowest BCUT2D eigenvalue weighted by atomic mass is 10.0. The molecular formula is C22H23ClFN3O. The molecule has 1 unspecified atom stereocenters. The van der Waals surface area contributed by atoms with E-state index in [1.54, 1.807) is 6.07 Å². The smallest absolute Gasteiger partial charge is 0.139 e. The molecule has 1 aromatic heterocycles. The minimum atomic E-state index is -0.269. The lowest BCUT2D eigenvalue weighted by Crippen LogP contribution is -2.36. The molecule has 146 valence electrons. The molecule has 0 spiro atoms. The van der Waals surface area contributed by atoms with E-state index >= 15 is 0 Å². The SMILES string of the molecule is CC(Nc1cc2ccccc2c(Cl)n1)c1cc(F)ccc1N1CCC(O)CC1. The van der Waals surface area contributed by atoms with E-state index in [4.69, 9.17) is 11.6 Å². The number of rotatable bonds is 4. The molecule has 2 heterocycles. The molecule has 4 rings (SSSR count). The van der Waals surface area contributed by atoms with E-state index in [-0.39, 0.29) is 18.0 Å². The molecule has 0 saturated carbocycles. The molecular weight excluding hydrogens is 377 g/mol. The van der Waals surface area contributed by atoms with Gasteiger partial charge in [-0.1, -0.05) is 35.9 Å². The number of piperidine rings is 1. The second-order valence-corrected chi connectivity index (χ2v) is 7.66. The number of fused-ring (bicyclic) bond motifs is 1. The fourth-order valence-electron chi connectivity index (χ4n) is 3.80. The highest BCUT2D eigenvalue weighted by molar-refractivity contribution is 6.34. The van der Waals surface area contributed by atoms with Crippen LogP contribution in [0.15, 0.2) is 48.5 Å². The molecule has 28 heavy (non-hydrogen) atoms. The van der Waals surface area contributed by atoms with Crippen LogP contribution < -0.4 is 10.2 Å². The van der Waals surface area contributed by atoms with Gasteiger partial charge in [-0.2, -0.15) is 0 Å². The number of aliphatic hydroxyl groups is 1. The average Bonchev–Trinajstić information content (AvgIpc) is 2.69. The first-order chi connectivity index (χ1) is 13.5. The van der Waals surface area contributed by atoms with Gasteiger partial charge in [0.1, 0.15) is 16.8 Å². The normalized spacial score (nSPS) is 16.4. The summed E-state index contributed by atoms with van der Waals surface area (Å²) in [5.74, 6) is 0.384. The fraction of sp³-hybridized carbons (Fsp3) is 0.318. The molecule has 1 saturated heterocycles. The van der Waals surface area contributed by atoms with Crippen molar-refractivity contribution in [2.75, 3.05) is 23.3 Å². The van der Waals surface area contributed by atoms with Gasteiger partial charge in [0.2, 0.25) is 0 Å². The molecule has 1 aliphatic heterocycles. The first-order valence-electron chi connectivity index (χ1n) is 9.55. The van der Waals surface area contributed by atoms with Crippen LogP contribution in [0.3, 0.4) is 0 Å². The fourth-order valence-corrected chi connectivity index (χ4v) is 4.06. The summed E-state index contributed by atoms with van der Waals surface area (Å²) in [7, 11) is 0. The Hall–Kier alpha value is -2.37. The van der Waals surface area contributed by atoms with Gasteiger partial charge in [0, 0.05) is 29.7 Å². The molecule has 2 aromatic carbocycles. The molecule has 0 amide bonds. The number of hydrogen-bond acceptors (Lipinski definition) is 4. The van der Waals surface area contributed by atoms with Crippen LogP contribution in [0.4, 0.5) is 15.9 Å². The van der Waals surface area contributed by atoms with Crippen LogP contribution in [-0.2, 0) is 0 Å². The summed E-state index contributed by atoms with van der Waals surface area (Å²) >= 11 is 6.34. The van der Waals surface area contributed by atoms with Crippen molar-refractivity contribution in [2.45, 2.75) is 31.9 Å². The first-order valence-corrected chi connectivity index (χ1v) is 9.93. The Bertz CT molecular complexity index is 989. The first kappa shape index (κ1) is 19.0. The number of halogens is 2. The highest BCUT2D eigenvalue weighted by Gasteiger charge is 2.22. The number of nitrogens with zero attached hydrogens (tertiary/aromatic N) is 2. The van der Waals surface area contributed by atoms with E-state index in [9.17, 15) is 9.50 Å². The Morgan fingerprint density at radius 1 is 1.18 bits per heavy atom. The number of aliphatic hydroxyl groups excluding tert-OH is 1. The minimum absolute atomic E-state index is 0.165. The highest BCUT2D eigenvalue weighted by atomic mass is 35.5. The zero-order valence-electron chi connectivity index (χ0n) is 15.7. The Labute approximate surface area is 169 Å². The second-order valence-electron chi connectivity index (χ2n) is 7.31. The van der Waals surface area contributed by atoms with Gasteiger partial charge in [-0.05, 0) is 49.4 Å². The van der Waals surface area contributed by atoms with Crippen molar-refractivity contribution in [1.82, 2.24) is 4.98 Å². The summed E-state index contributed by atoms with van der Waals surface area (Å²) in [6.45, 7) is 3.50. The van der Waals surface area contributed by atoms with E-state index < -0.39 is 0 Å². The van der Waals surface area contributed by atoms with Crippen molar-refractivity contribution >= 4 is 33.9 Å². The van der Waals surface area contributed by atoms with Crippen LogP contribution in [0.25, 0.3) is 10.8 Å². The summed E-state index contributed by atoms with van der Waals surface area (Å²) in [4.78, 5) is 6.66. The maximum Gasteiger partial charge on any atom is 0.139 e. The van der Waals surface area contributed by atoms with Crippen molar-refractivity contribution in [3.63, 3.8) is 0 Å². The summed E-state index contributed by atoms with van der Waals surface area (Å²) in [6, 6.07) is 14.5. The van der Waals surface area contributed by atoms with Crippen molar-refractivity contribution in [1.29, 1.82) is 0 Å². The van der Waals surface area contributed by atoms with E-state index in [2.05, 4.69) is 15.2 Å². The van der Waals surface area contributed by atoms with Gasteiger partial charge < -0.3 is 15.3 Å². The summed E-state index contributed by atoms with van der Waals surface area (Å²) in [5, 5.41) is 15.5. The largest absolute Gasteiger partial charge is 0.393 e. The molecule has 4 nitrogen and oxygen atoms in total. The predicted molar refractivity (Wildman–Crippen MR) is 113 cm³/mol. The van der Waals surface area contributed by atoms with Crippen molar-refractivity contribution in [3.05, 3.63) is 65.1 Å². The van der Waals surface area contributed by atoms with Crippen molar-refractivity contribution < 1.29 is 9.50 Å². The number of benzene rings is 2. The lowest BCUT2D eigenvalue weighted by Gasteiger charge is -2.34. The molecule has 0 bridgehead atoms. The Balaban J connectivity index is 1.63. The number of aromatic nitrogens is 1. The quantitative estimate of drug-likeness (QED) is 0.595. The molecule has 0 radical (unpaired) electrons. The average molecular weight is 400 g/mol. The Morgan fingerprint density at radius 3 is 2.71 bits per heavy atom. The molecule has 3 aromatic rings. The minimum Gasteiger partial charge on any atom is -0.393 e. The maximum absolute atomic E-state index is 14.0. The van der Waals surface area contributed by atoms with Gasteiger partial charge in [-0.3, -0.25) is 0 Å². The van der Waals surface area contributed by atoms with E-state index in [1.807, 2.05) is 43.3 Å². The monoisotopic (exact) mass is 399 g/mol. The van der Waals surface area contributed by atoms with E-state index in [1.165, 1.54) is 6.07 Å². The van der Waals surface area contributed by atoms with E-state index in [0.717, 1.165) is 48.0 Å². The molecule has 2 N–H and O–H groups in total. The van der Waals surface area contributed by atoms with Crippen LogP contribution in [-0.4, -0.2) is 29.3 Å². The summed E-state index contributed by atoms with van der Waals surface area (Å²) in [5.41, 5.74) is 1.85. The number of hydrogen-bond donors (Lipinski definition) is 2. The highest BCUT2D eigenvalue weighted by Crippen LogP contribution is 2.32. The third kappa shape index (κ3) is 3.91. The van der Waals surface area contributed by atoms with Gasteiger partial charge in [0.05, 0.1) is 12.1 Å². The van der Waals surface area contributed by atoms with Crippen molar-refractivity contribution in [2.24, 2.45) is 0 Å². The molecule has 1 fully saturated rings. The third-order valence-electron chi connectivity index (χ3n) is 5.32. The van der Waals surface area contributed by atoms with Gasteiger partial charge in [0.25, 0.3) is 0 Å². The van der Waals surface area contributed by atoms with Gasteiger partial charge in [-0.25, -0.2) is 9.37 Å². The second kappa shape index (κ2) is 7.94. The number of pyridine rings is 1. The molecule has 1 atom stereocenters. The van der Waals surface area contributed by atoms with Gasteiger partial charge in [0.15, 0.2) is 0 Å². The number of anilines is 2. The third-order valence-corrected chi connectivity index (χ3v) is 5.61. The summed E-state index contributed by atoms with van der Waals surface area (Å²) < 4.78 is 14.0. The number of nitrogens with one attached hydrogen (secondary N) is 1. The maximum atomic E-state index is 14.0. The predicted octanol–water partition coefficient (Wildman–Crippen LogP) is 5.16. The van der Waals surface area contributed by atoms with E-state index in [0.29, 0.717) is 11.0 Å². The van der Waals surface area contributed by atoms with Crippen LogP contribution in [0.5, 0.6) is 0 Å². The van der Waals surface area contributed by atoms with Crippen LogP contribution in [0.2, 0.25) is 5.15 Å². The standard InChI is InChI=1S/C22H23ClFN3O/c1-14(25-21-12-15-4-2-3-5-18(15)22(23)26-21)19-13-16(24)6-7-20(19)27-10-8-17(28)9-11-27/h2-7,12-14,17,28H,8-11H2,1H3,(H,25,26).